The van der Waals surface area contributed by atoms with Crippen LogP contribution in [0.1, 0.15) is 12.8 Å². The third-order valence-corrected chi connectivity index (χ3v) is 4.49. The van der Waals surface area contributed by atoms with E-state index in [0.717, 1.165) is 0 Å². The van der Waals surface area contributed by atoms with Crippen LogP contribution in [0.5, 0.6) is 0 Å². The number of hydrogen-bond acceptors (Lipinski definition) is 4. The van der Waals surface area contributed by atoms with Crippen molar-refractivity contribution in [3.05, 3.63) is 28.7 Å². The Morgan fingerprint density at radius 2 is 2.22 bits per heavy atom. The number of sulfonamides is 1. The predicted octanol–water partition coefficient (Wildman–Crippen LogP) is -0.253. The third kappa shape index (κ3) is 3.18. The van der Waals surface area contributed by atoms with Crippen molar-refractivity contribution < 1.29 is 8.42 Å². The van der Waals surface area contributed by atoms with Gasteiger partial charge in [0.05, 0.1) is 0 Å². The first-order valence-electron chi connectivity index (χ1n) is 5.88. The Hall–Kier alpha value is -1.18. The van der Waals surface area contributed by atoms with Crippen LogP contribution in [0.4, 0.5) is 0 Å². The maximum Gasteiger partial charge on any atom is 0.245 e. The topological polar surface area (TPSA) is 82.3 Å². The molecule has 1 saturated carbocycles. The highest BCUT2D eigenvalue weighted by molar-refractivity contribution is 7.89. The van der Waals surface area contributed by atoms with Crippen molar-refractivity contribution in [3.8, 4) is 0 Å². The molecular formula is C11H17N3O3S. The van der Waals surface area contributed by atoms with Gasteiger partial charge in [0.25, 0.3) is 0 Å². The highest BCUT2D eigenvalue weighted by atomic mass is 32.2. The van der Waals surface area contributed by atoms with Gasteiger partial charge in [-0.05, 0) is 19.9 Å². The third-order valence-electron chi connectivity index (χ3n) is 3.00. The highest BCUT2D eigenvalue weighted by Crippen LogP contribution is 2.24. The molecule has 0 aliphatic heterocycles. The van der Waals surface area contributed by atoms with Crippen molar-refractivity contribution in [2.24, 2.45) is 0 Å². The molecule has 0 saturated heterocycles. The molecule has 0 spiro atoms. The molecule has 0 amide bonds. The molecule has 2 N–H and O–H groups in total. The Labute approximate surface area is 106 Å². The Kier molecular flexibility index (Phi) is 3.84. The van der Waals surface area contributed by atoms with Crippen molar-refractivity contribution >= 4 is 10.0 Å². The zero-order chi connectivity index (χ0) is 13.2. The first kappa shape index (κ1) is 13.3. The molecule has 1 aliphatic rings. The molecular weight excluding hydrogens is 254 g/mol. The Morgan fingerprint density at radius 1 is 1.50 bits per heavy atom. The monoisotopic (exact) mass is 271 g/mol. The van der Waals surface area contributed by atoms with Crippen LogP contribution in [-0.2, 0) is 10.0 Å². The molecule has 7 heteroatoms. The lowest BCUT2D eigenvalue weighted by atomic mass is 10.5. The van der Waals surface area contributed by atoms with Crippen LogP contribution < -0.4 is 10.2 Å². The van der Waals surface area contributed by atoms with Crippen molar-refractivity contribution in [1.82, 2.24) is 14.6 Å². The number of rotatable bonds is 6. The lowest BCUT2D eigenvalue weighted by Gasteiger charge is -2.15. The summed E-state index contributed by atoms with van der Waals surface area (Å²) in [5.74, 6) is 0. The van der Waals surface area contributed by atoms with E-state index in [9.17, 15) is 13.2 Å². The molecule has 0 bridgehead atoms. The molecule has 0 unspecified atom stereocenters. The number of H-pyrrole nitrogens is 1. The van der Waals surface area contributed by atoms with Crippen LogP contribution in [0.15, 0.2) is 28.2 Å². The van der Waals surface area contributed by atoms with Gasteiger partial charge in [-0.15, -0.1) is 0 Å². The van der Waals surface area contributed by atoms with Gasteiger partial charge in [-0.1, -0.05) is 0 Å². The van der Waals surface area contributed by atoms with E-state index < -0.39 is 15.5 Å². The predicted molar refractivity (Wildman–Crippen MR) is 67.9 cm³/mol. The van der Waals surface area contributed by atoms with Crippen molar-refractivity contribution in [2.45, 2.75) is 23.8 Å². The van der Waals surface area contributed by atoms with Gasteiger partial charge < -0.3 is 9.88 Å². The number of aromatic nitrogens is 1. The van der Waals surface area contributed by atoms with Crippen LogP contribution in [0.3, 0.4) is 0 Å². The fourth-order valence-corrected chi connectivity index (χ4v) is 2.81. The summed E-state index contributed by atoms with van der Waals surface area (Å²) in [6.07, 6.45) is 4.97. The largest absolute Gasteiger partial charge is 0.366 e. The second-order valence-corrected chi connectivity index (χ2v) is 6.22. The van der Waals surface area contributed by atoms with Crippen LogP contribution in [0.2, 0.25) is 0 Å². The minimum Gasteiger partial charge on any atom is -0.366 e. The summed E-state index contributed by atoms with van der Waals surface area (Å²) in [4.78, 5) is 15.9. The SMILES string of the molecule is CN(CCNS(=O)(=O)c1c[nH]ccc1=O)C1CC1. The quantitative estimate of drug-likeness (QED) is 0.747. The van der Waals surface area contributed by atoms with Gasteiger partial charge in [-0.25, -0.2) is 13.1 Å². The Bertz CT molecular complexity index is 563. The van der Waals surface area contributed by atoms with Crippen molar-refractivity contribution in [2.75, 3.05) is 20.1 Å². The average molecular weight is 271 g/mol. The first-order valence-corrected chi connectivity index (χ1v) is 7.36. The number of pyridine rings is 1. The van der Waals surface area contributed by atoms with Crippen molar-refractivity contribution in [1.29, 1.82) is 0 Å². The van der Waals surface area contributed by atoms with Crippen LogP contribution in [0, 0.1) is 0 Å². The molecule has 0 radical (unpaired) electrons. The fraction of sp³-hybridized carbons (Fsp3) is 0.545. The summed E-state index contributed by atoms with van der Waals surface area (Å²) in [5, 5.41) is 0. The summed E-state index contributed by atoms with van der Waals surface area (Å²) < 4.78 is 26.2. The standard InChI is InChI=1S/C11H17N3O3S/c1-14(9-2-3-9)7-6-13-18(16,17)11-8-12-5-4-10(11)15/h4-5,8-9,13H,2-3,6-7H2,1H3,(H,12,15). The number of hydrogen-bond donors (Lipinski definition) is 2. The molecule has 1 fully saturated rings. The van der Waals surface area contributed by atoms with Crippen LogP contribution >= 0.6 is 0 Å². The summed E-state index contributed by atoms with van der Waals surface area (Å²) in [7, 11) is -1.74. The number of aromatic amines is 1. The van der Waals surface area contributed by atoms with Gasteiger partial charge in [-0.2, -0.15) is 0 Å². The van der Waals surface area contributed by atoms with Crippen LogP contribution in [-0.4, -0.2) is 44.5 Å². The zero-order valence-corrected chi connectivity index (χ0v) is 11.0. The van der Waals surface area contributed by atoms with Gasteiger partial charge in [0, 0.05) is 37.6 Å². The number of nitrogens with one attached hydrogen (secondary N) is 2. The van der Waals surface area contributed by atoms with E-state index >= 15 is 0 Å². The van der Waals surface area contributed by atoms with Gasteiger partial charge in [0.1, 0.15) is 4.90 Å². The maximum absolute atomic E-state index is 11.9. The minimum absolute atomic E-state index is 0.237. The molecule has 18 heavy (non-hydrogen) atoms. The lowest BCUT2D eigenvalue weighted by Crippen LogP contribution is -2.35. The molecule has 0 aromatic carbocycles. The van der Waals surface area contributed by atoms with E-state index in [1.807, 2.05) is 7.05 Å². The van der Waals surface area contributed by atoms with E-state index in [-0.39, 0.29) is 4.90 Å². The van der Waals surface area contributed by atoms with Gasteiger partial charge in [0.2, 0.25) is 15.5 Å². The summed E-state index contributed by atoms with van der Waals surface area (Å²) >= 11 is 0. The van der Waals surface area contributed by atoms with E-state index in [2.05, 4.69) is 14.6 Å². The molecule has 1 aliphatic carbocycles. The van der Waals surface area contributed by atoms with E-state index in [1.54, 1.807) is 0 Å². The molecule has 2 rings (SSSR count). The normalized spacial score (nSPS) is 16.1. The molecule has 0 atom stereocenters. The molecule has 1 aromatic heterocycles. The van der Waals surface area contributed by atoms with Gasteiger partial charge in [-0.3, -0.25) is 4.79 Å². The summed E-state index contributed by atoms with van der Waals surface area (Å²) in [6, 6.07) is 1.79. The lowest BCUT2D eigenvalue weighted by molar-refractivity contribution is 0.329. The van der Waals surface area contributed by atoms with Gasteiger partial charge in [0.15, 0.2) is 0 Å². The zero-order valence-electron chi connectivity index (χ0n) is 10.2. The minimum atomic E-state index is -3.71. The molecule has 1 aromatic rings. The number of likely N-dealkylation sites (N-methyl/N-ethyl adjacent to an activating group) is 1. The first-order chi connectivity index (χ1) is 8.50. The fourth-order valence-electron chi connectivity index (χ4n) is 1.74. The molecule has 100 valence electrons. The molecule has 1 heterocycles. The van der Waals surface area contributed by atoms with E-state index in [0.29, 0.717) is 19.1 Å². The summed E-state index contributed by atoms with van der Waals surface area (Å²) in [5.41, 5.74) is -0.503. The van der Waals surface area contributed by atoms with Crippen molar-refractivity contribution in [3.63, 3.8) is 0 Å². The highest BCUT2D eigenvalue weighted by Gasteiger charge is 2.26. The van der Waals surface area contributed by atoms with Crippen LogP contribution in [0.25, 0.3) is 0 Å². The average Bonchev–Trinajstić information content (AvgIpc) is 3.12. The smallest absolute Gasteiger partial charge is 0.245 e. The van der Waals surface area contributed by atoms with E-state index in [1.165, 1.54) is 31.3 Å². The second-order valence-electron chi connectivity index (χ2n) is 4.48. The Balaban J connectivity index is 1.95. The van der Waals surface area contributed by atoms with E-state index in [4.69, 9.17) is 0 Å². The second kappa shape index (κ2) is 5.21. The Morgan fingerprint density at radius 3 is 2.83 bits per heavy atom. The molecule has 6 nitrogen and oxygen atoms in total. The van der Waals surface area contributed by atoms with Gasteiger partial charge >= 0.3 is 0 Å². The maximum atomic E-state index is 11.9. The number of nitrogens with zero attached hydrogens (tertiary/aromatic N) is 1. The summed E-state index contributed by atoms with van der Waals surface area (Å²) in [6.45, 7) is 0.957.